The standard InChI is InChI=1S/C25H29N3O3/c1-3-26-25(30)22-12-21(22)24-23-14-27-19(9-17(23)13-28-24)11-20(29)10-18(15-31-2)16-7-5-4-6-8-16/h4-9,14,18,21-22H,3,10-13,15H2,1-2H3,(H,26,30)/t18-,21+,22+/m1/s1. The van der Waals surface area contributed by atoms with Crippen LogP contribution in [0.4, 0.5) is 0 Å². The molecule has 0 radical (unpaired) electrons. The van der Waals surface area contributed by atoms with Gasteiger partial charge in [-0.2, -0.15) is 0 Å². The van der Waals surface area contributed by atoms with Crippen LogP contribution in [0, 0.1) is 11.8 Å². The third kappa shape index (κ3) is 4.90. The highest BCUT2D eigenvalue weighted by Gasteiger charge is 2.47. The van der Waals surface area contributed by atoms with Gasteiger partial charge in [-0.25, -0.2) is 0 Å². The summed E-state index contributed by atoms with van der Waals surface area (Å²) in [5.74, 6) is 0.535. The summed E-state index contributed by atoms with van der Waals surface area (Å²) in [6.45, 7) is 3.70. The van der Waals surface area contributed by atoms with Gasteiger partial charge in [0.2, 0.25) is 5.91 Å². The molecule has 3 atom stereocenters. The van der Waals surface area contributed by atoms with E-state index in [1.54, 1.807) is 7.11 Å². The molecule has 2 heterocycles. The highest BCUT2D eigenvalue weighted by molar-refractivity contribution is 6.09. The van der Waals surface area contributed by atoms with Crippen LogP contribution in [0.5, 0.6) is 0 Å². The Hall–Kier alpha value is -2.86. The molecule has 0 bridgehead atoms. The summed E-state index contributed by atoms with van der Waals surface area (Å²) in [5, 5.41) is 2.90. The van der Waals surface area contributed by atoms with Gasteiger partial charge >= 0.3 is 0 Å². The molecule has 1 aliphatic heterocycles. The van der Waals surface area contributed by atoms with Crippen LogP contribution in [-0.4, -0.2) is 42.6 Å². The van der Waals surface area contributed by atoms with Gasteiger partial charge in [0.25, 0.3) is 0 Å². The van der Waals surface area contributed by atoms with Gasteiger partial charge in [0, 0.05) is 67.4 Å². The highest BCUT2D eigenvalue weighted by Crippen LogP contribution is 2.43. The van der Waals surface area contributed by atoms with Crippen molar-refractivity contribution >= 4 is 17.4 Å². The van der Waals surface area contributed by atoms with E-state index < -0.39 is 0 Å². The summed E-state index contributed by atoms with van der Waals surface area (Å²) in [7, 11) is 1.66. The van der Waals surface area contributed by atoms with Crippen molar-refractivity contribution in [2.45, 2.75) is 38.6 Å². The molecule has 1 amide bonds. The zero-order valence-electron chi connectivity index (χ0n) is 18.1. The number of ketones is 1. The van der Waals surface area contributed by atoms with Crippen LogP contribution in [0.25, 0.3) is 0 Å². The number of benzene rings is 1. The number of nitrogens with one attached hydrogen (secondary N) is 1. The van der Waals surface area contributed by atoms with E-state index in [1.165, 1.54) is 0 Å². The first kappa shape index (κ1) is 21.4. The van der Waals surface area contributed by atoms with E-state index in [4.69, 9.17) is 4.74 Å². The number of ether oxygens (including phenoxy) is 1. The Kier molecular flexibility index (Phi) is 6.56. The van der Waals surface area contributed by atoms with Crippen LogP contribution in [0.15, 0.2) is 47.6 Å². The molecule has 31 heavy (non-hydrogen) atoms. The lowest BCUT2D eigenvalue weighted by molar-refractivity contribution is -0.122. The lowest BCUT2D eigenvalue weighted by Gasteiger charge is -2.15. The number of pyridine rings is 1. The smallest absolute Gasteiger partial charge is 0.223 e. The largest absolute Gasteiger partial charge is 0.384 e. The number of fused-ring (bicyclic) bond motifs is 1. The average molecular weight is 420 g/mol. The number of carbonyl (C=O) groups is 2. The Balaban J connectivity index is 1.38. The SMILES string of the molecule is CCNC(=O)[C@H]1C[C@@H]1C1=NCc2cc(CC(=O)C[C@H](COC)c3ccccc3)ncc21. The van der Waals surface area contributed by atoms with Crippen LogP contribution in [-0.2, 0) is 27.3 Å². The summed E-state index contributed by atoms with van der Waals surface area (Å²) in [6, 6.07) is 12.0. The Bertz CT molecular complexity index is 987. The van der Waals surface area contributed by atoms with Crippen molar-refractivity contribution in [2.24, 2.45) is 16.8 Å². The number of methoxy groups -OCH3 is 1. The van der Waals surface area contributed by atoms with E-state index in [9.17, 15) is 9.59 Å². The van der Waals surface area contributed by atoms with Crippen LogP contribution < -0.4 is 5.32 Å². The highest BCUT2D eigenvalue weighted by atomic mass is 16.5. The Morgan fingerprint density at radius 2 is 2.06 bits per heavy atom. The Morgan fingerprint density at radius 1 is 1.26 bits per heavy atom. The predicted octanol–water partition coefficient (Wildman–Crippen LogP) is 3.09. The minimum absolute atomic E-state index is 0.0293. The van der Waals surface area contributed by atoms with Gasteiger partial charge in [-0.05, 0) is 30.5 Å². The van der Waals surface area contributed by atoms with Gasteiger partial charge in [0.1, 0.15) is 5.78 Å². The zero-order valence-corrected chi connectivity index (χ0v) is 18.1. The van der Waals surface area contributed by atoms with Crippen molar-refractivity contribution in [3.8, 4) is 0 Å². The minimum atomic E-state index is 0.0293. The molecular formula is C25H29N3O3. The molecule has 0 saturated heterocycles. The van der Waals surface area contributed by atoms with Crippen molar-refractivity contribution in [2.75, 3.05) is 20.3 Å². The lowest BCUT2D eigenvalue weighted by Crippen LogP contribution is -2.25. The predicted molar refractivity (Wildman–Crippen MR) is 119 cm³/mol. The van der Waals surface area contributed by atoms with Gasteiger partial charge in [0.15, 0.2) is 0 Å². The fraction of sp³-hybridized carbons (Fsp3) is 0.440. The molecule has 1 aliphatic carbocycles. The monoisotopic (exact) mass is 419 g/mol. The van der Waals surface area contributed by atoms with Crippen LogP contribution in [0.3, 0.4) is 0 Å². The van der Waals surface area contributed by atoms with Crippen molar-refractivity contribution in [1.29, 1.82) is 0 Å². The number of hydrogen-bond donors (Lipinski definition) is 1. The fourth-order valence-corrected chi connectivity index (χ4v) is 4.42. The second-order valence-corrected chi connectivity index (χ2v) is 8.36. The third-order valence-corrected chi connectivity index (χ3v) is 6.06. The van der Waals surface area contributed by atoms with E-state index >= 15 is 0 Å². The molecule has 6 heteroatoms. The minimum Gasteiger partial charge on any atom is -0.384 e. The number of carbonyl (C=O) groups excluding carboxylic acids is 2. The van der Waals surface area contributed by atoms with Gasteiger partial charge < -0.3 is 10.1 Å². The Morgan fingerprint density at radius 3 is 2.81 bits per heavy atom. The maximum atomic E-state index is 12.8. The first-order chi connectivity index (χ1) is 15.1. The van der Waals surface area contributed by atoms with Crippen LogP contribution in [0.1, 0.15) is 48.1 Å². The molecule has 1 saturated carbocycles. The molecule has 6 nitrogen and oxygen atoms in total. The second-order valence-electron chi connectivity index (χ2n) is 8.36. The van der Waals surface area contributed by atoms with Gasteiger partial charge in [-0.1, -0.05) is 30.3 Å². The first-order valence-corrected chi connectivity index (χ1v) is 11.0. The summed E-state index contributed by atoms with van der Waals surface area (Å²) in [4.78, 5) is 34.1. The lowest BCUT2D eigenvalue weighted by atomic mass is 9.93. The summed E-state index contributed by atoms with van der Waals surface area (Å²) < 4.78 is 5.34. The molecule has 0 spiro atoms. The summed E-state index contributed by atoms with van der Waals surface area (Å²) in [6.07, 6.45) is 3.42. The molecule has 2 aromatic rings. The number of aliphatic imine (C=N–C) groups is 1. The first-order valence-electron chi connectivity index (χ1n) is 11.0. The van der Waals surface area contributed by atoms with E-state index in [1.807, 2.05) is 49.5 Å². The quantitative estimate of drug-likeness (QED) is 0.642. The number of amides is 1. The van der Waals surface area contributed by atoms with E-state index in [-0.39, 0.29) is 29.4 Å². The molecule has 0 unspecified atom stereocenters. The maximum Gasteiger partial charge on any atom is 0.223 e. The van der Waals surface area contributed by atoms with E-state index in [0.29, 0.717) is 32.5 Å². The number of rotatable bonds is 10. The molecule has 1 fully saturated rings. The third-order valence-electron chi connectivity index (χ3n) is 6.06. The topological polar surface area (TPSA) is 80.7 Å². The number of nitrogens with zero attached hydrogens (tertiary/aromatic N) is 2. The molecule has 1 aromatic heterocycles. The molecule has 2 aliphatic rings. The van der Waals surface area contributed by atoms with Crippen molar-refractivity contribution in [3.63, 3.8) is 0 Å². The molecular weight excluding hydrogens is 390 g/mol. The average Bonchev–Trinajstić information content (AvgIpc) is 3.46. The molecule has 162 valence electrons. The van der Waals surface area contributed by atoms with E-state index in [0.717, 1.165) is 34.5 Å². The van der Waals surface area contributed by atoms with E-state index in [2.05, 4.69) is 15.3 Å². The number of Topliss-reactive ketones (excluding diaryl/α,β-unsaturated/α-hetero) is 1. The van der Waals surface area contributed by atoms with Crippen molar-refractivity contribution in [3.05, 3.63) is 65.0 Å². The van der Waals surface area contributed by atoms with Crippen molar-refractivity contribution < 1.29 is 14.3 Å². The number of aromatic nitrogens is 1. The maximum absolute atomic E-state index is 12.8. The van der Waals surface area contributed by atoms with Gasteiger partial charge in [0.05, 0.1) is 13.2 Å². The van der Waals surface area contributed by atoms with Gasteiger partial charge in [-0.15, -0.1) is 0 Å². The number of hydrogen-bond acceptors (Lipinski definition) is 5. The zero-order chi connectivity index (χ0) is 21.8. The van der Waals surface area contributed by atoms with Crippen LogP contribution in [0.2, 0.25) is 0 Å². The van der Waals surface area contributed by atoms with Crippen LogP contribution >= 0.6 is 0 Å². The Labute approximate surface area is 183 Å². The molecule has 4 rings (SSSR count). The summed E-state index contributed by atoms with van der Waals surface area (Å²) >= 11 is 0. The second kappa shape index (κ2) is 9.52. The summed E-state index contributed by atoms with van der Waals surface area (Å²) in [5.41, 5.74) is 5.03. The van der Waals surface area contributed by atoms with Gasteiger partial charge in [-0.3, -0.25) is 19.6 Å². The van der Waals surface area contributed by atoms with Crippen molar-refractivity contribution in [1.82, 2.24) is 10.3 Å². The molecule has 1 aromatic carbocycles. The molecule has 1 N–H and O–H groups in total. The normalized spacial score (nSPS) is 20.0. The fourth-order valence-electron chi connectivity index (χ4n) is 4.42.